The molecule has 0 bridgehead atoms. The topological polar surface area (TPSA) is 106 Å². The third kappa shape index (κ3) is 4.74. The van der Waals surface area contributed by atoms with Gasteiger partial charge in [-0.15, -0.1) is 11.3 Å². The third-order valence-corrected chi connectivity index (χ3v) is 8.01. The molecule has 0 spiro atoms. The molecule has 10 heteroatoms. The van der Waals surface area contributed by atoms with E-state index in [0.29, 0.717) is 16.7 Å². The minimum Gasteiger partial charge on any atom is -0.497 e. The van der Waals surface area contributed by atoms with E-state index >= 15 is 0 Å². The molecule has 8 nitrogen and oxygen atoms in total. The van der Waals surface area contributed by atoms with Crippen LogP contribution < -0.4 is 10.3 Å². The molecule has 2 aromatic heterocycles. The van der Waals surface area contributed by atoms with Crippen molar-refractivity contribution in [1.29, 1.82) is 0 Å². The Balaban J connectivity index is 1.81. The standard InChI is InChI=1S/C24H22N2O6S2/c1-31-18-9-10-21-16(13-18)12-17(23(27)25-21)14-26(15-19-6-5-11-33-19)34(29,30)22-8-4-3-7-20(22)24(28)32-2/h3-13H,14-15H2,1-2H3,(H,25,27). The molecule has 0 radical (unpaired) electrons. The molecule has 0 aliphatic rings. The van der Waals surface area contributed by atoms with E-state index in [1.54, 1.807) is 37.4 Å². The smallest absolute Gasteiger partial charge is 0.339 e. The summed E-state index contributed by atoms with van der Waals surface area (Å²) in [6.45, 7) is -0.163. The van der Waals surface area contributed by atoms with Gasteiger partial charge in [0.05, 0.1) is 24.7 Å². The number of H-pyrrole nitrogens is 1. The summed E-state index contributed by atoms with van der Waals surface area (Å²) in [7, 11) is -1.45. The highest BCUT2D eigenvalue weighted by Gasteiger charge is 2.30. The van der Waals surface area contributed by atoms with Crippen LogP contribution in [-0.4, -0.2) is 37.9 Å². The van der Waals surface area contributed by atoms with Crippen molar-refractivity contribution in [3.8, 4) is 5.75 Å². The minimum atomic E-state index is -4.18. The van der Waals surface area contributed by atoms with Gasteiger partial charge in [0.2, 0.25) is 10.0 Å². The van der Waals surface area contributed by atoms with E-state index in [1.165, 1.54) is 41.0 Å². The molecular formula is C24H22N2O6S2. The second-order valence-corrected chi connectivity index (χ2v) is 10.4. The number of carbonyl (C=O) groups is 1. The predicted molar refractivity (Wildman–Crippen MR) is 130 cm³/mol. The van der Waals surface area contributed by atoms with Crippen LogP contribution in [0.4, 0.5) is 0 Å². The molecule has 0 unspecified atom stereocenters. The molecule has 176 valence electrons. The Hall–Kier alpha value is -3.47. The number of ether oxygens (including phenoxy) is 2. The lowest BCUT2D eigenvalue weighted by Crippen LogP contribution is -2.33. The molecule has 0 fully saturated rings. The number of thiophene rings is 1. The highest BCUT2D eigenvalue weighted by molar-refractivity contribution is 7.89. The number of pyridine rings is 1. The highest BCUT2D eigenvalue weighted by atomic mass is 32.2. The zero-order valence-corrected chi connectivity index (χ0v) is 20.1. The minimum absolute atomic E-state index is 0.0328. The molecule has 0 saturated carbocycles. The van der Waals surface area contributed by atoms with Crippen LogP contribution in [0.15, 0.2) is 75.7 Å². The molecule has 0 aliphatic heterocycles. The average Bonchev–Trinajstić information content (AvgIpc) is 3.36. The Morgan fingerprint density at radius 2 is 1.82 bits per heavy atom. The normalized spacial score (nSPS) is 11.6. The van der Waals surface area contributed by atoms with E-state index in [1.807, 2.05) is 17.5 Å². The monoisotopic (exact) mass is 498 g/mol. The number of hydrogen-bond acceptors (Lipinski definition) is 7. The van der Waals surface area contributed by atoms with Crippen molar-refractivity contribution in [3.05, 3.63) is 92.4 Å². The number of nitrogens with one attached hydrogen (secondary N) is 1. The second kappa shape index (κ2) is 9.80. The van der Waals surface area contributed by atoms with Crippen LogP contribution in [0.25, 0.3) is 10.9 Å². The Labute approximate surface area is 200 Å². The number of aromatic amines is 1. The first-order chi connectivity index (χ1) is 16.3. The molecule has 2 aromatic carbocycles. The van der Waals surface area contributed by atoms with Gasteiger partial charge in [0, 0.05) is 34.4 Å². The first kappa shape index (κ1) is 23.7. The number of methoxy groups -OCH3 is 2. The van der Waals surface area contributed by atoms with Crippen LogP contribution >= 0.6 is 11.3 Å². The van der Waals surface area contributed by atoms with Gasteiger partial charge < -0.3 is 14.5 Å². The van der Waals surface area contributed by atoms with Gasteiger partial charge in [0.15, 0.2) is 0 Å². The number of esters is 1. The van der Waals surface area contributed by atoms with Crippen LogP contribution in [0.1, 0.15) is 20.8 Å². The van der Waals surface area contributed by atoms with Crippen LogP contribution in [0, 0.1) is 0 Å². The Morgan fingerprint density at radius 1 is 1.03 bits per heavy atom. The number of nitrogens with zero attached hydrogens (tertiary/aromatic N) is 1. The van der Waals surface area contributed by atoms with E-state index < -0.39 is 21.6 Å². The van der Waals surface area contributed by atoms with E-state index in [9.17, 15) is 18.0 Å². The Kier molecular flexibility index (Phi) is 6.82. The van der Waals surface area contributed by atoms with Crippen LogP contribution in [0.3, 0.4) is 0 Å². The fraction of sp³-hybridized carbons (Fsp3) is 0.167. The maximum absolute atomic E-state index is 13.8. The van der Waals surface area contributed by atoms with Crippen molar-refractivity contribution in [2.75, 3.05) is 14.2 Å². The van der Waals surface area contributed by atoms with Crippen molar-refractivity contribution >= 4 is 38.2 Å². The van der Waals surface area contributed by atoms with Crippen molar-refractivity contribution in [2.45, 2.75) is 18.0 Å². The molecule has 1 N–H and O–H groups in total. The predicted octanol–water partition coefficient (Wildman–Crippen LogP) is 3.78. The summed E-state index contributed by atoms with van der Waals surface area (Å²) in [4.78, 5) is 28.5. The molecule has 34 heavy (non-hydrogen) atoms. The number of benzene rings is 2. The van der Waals surface area contributed by atoms with Gasteiger partial charge >= 0.3 is 5.97 Å². The first-order valence-electron chi connectivity index (χ1n) is 10.2. The van der Waals surface area contributed by atoms with Gasteiger partial charge in [0.25, 0.3) is 5.56 Å². The zero-order chi connectivity index (χ0) is 24.3. The number of sulfonamides is 1. The summed E-state index contributed by atoms with van der Waals surface area (Å²) >= 11 is 1.40. The number of hydrogen-bond donors (Lipinski definition) is 1. The fourth-order valence-corrected chi connectivity index (χ4v) is 5.95. The second-order valence-electron chi connectivity index (χ2n) is 7.42. The van der Waals surface area contributed by atoms with E-state index in [4.69, 9.17) is 9.47 Å². The summed E-state index contributed by atoms with van der Waals surface area (Å²) in [6, 6.07) is 16.4. The highest BCUT2D eigenvalue weighted by Crippen LogP contribution is 2.26. The SMILES string of the molecule is COC(=O)c1ccccc1S(=O)(=O)N(Cc1cccs1)Cc1cc2cc(OC)ccc2[nH]c1=O. The van der Waals surface area contributed by atoms with Crippen molar-refractivity contribution in [3.63, 3.8) is 0 Å². The van der Waals surface area contributed by atoms with Crippen LogP contribution in [0.5, 0.6) is 5.75 Å². The molecular weight excluding hydrogens is 476 g/mol. The van der Waals surface area contributed by atoms with Crippen molar-refractivity contribution in [1.82, 2.24) is 9.29 Å². The van der Waals surface area contributed by atoms with Gasteiger partial charge in [-0.25, -0.2) is 13.2 Å². The van der Waals surface area contributed by atoms with Crippen LogP contribution in [0.2, 0.25) is 0 Å². The molecule has 0 aliphatic carbocycles. The first-order valence-corrected chi connectivity index (χ1v) is 12.6. The maximum atomic E-state index is 13.8. The Morgan fingerprint density at radius 3 is 2.53 bits per heavy atom. The largest absolute Gasteiger partial charge is 0.497 e. The van der Waals surface area contributed by atoms with Gasteiger partial charge in [0.1, 0.15) is 5.75 Å². The number of carbonyl (C=O) groups excluding carboxylic acids is 1. The van der Waals surface area contributed by atoms with Gasteiger partial charge in [-0.05, 0) is 47.8 Å². The zero-order valence-electron chi connectivity index (χ0n) is 18.5. The fourth-order valence-electron chi connectivity index (χ4n) is 3.58. The molecule has 2 heterocycles. The summed E-state index contributed by atoms with van der Waals surface area (Å²) < 4.78 is 38.8. The molecule has 0 saturated heterocycles. The van der Waals surface area contributed by atoms with E-state index in [2.05, 4.69) is 4.98 Å². The molecule has 0 atom stereocenters. The number of fused-ring (bicyclic) bond motifs is 1. The maximum Gasteiger partial charge on any atom is 0.339 e. The van der Waals surface area contributed by atoms with E-state index in [-0.39, 0.29) is 29.1 Å². The van der Waals surface area contributed by atoms with Gasteiger partial charge in [-0.2, -0.15) is 4.31 Å². The molecule has 0 amide bonds. The molecule has 4 rings (SSSR count). The van der Waals surface area contributed by atoms with E-state index in [0.717, 1.165) is 4.88 Å². The van der Waals surface area contributed by atoms with Gasteiger partial charge in [-0.1, -0.05) is 18.2 Å². The lowest BCUT2D eigenvalue weighted by Gasteiger charge is -2.23. The average molecular weight is 499 g/mol. The Bertz CT molecular complexity index is 1490. The summed E-state index contributed by atoms with van der Waals surface area (Å²) in [6.07, 6.45) is 0. The lowest BCUT2D eigenvalue weighted by atomic mass is 10.1. The number of rotatable bonds is 8. The summed E-state index contributed by atoms with van der Waals surface area (Å²) in [5.74, 6) is -0.147. The quantitative estimate of drug-likeness (QED) is 0.371. The lowest BCUT2D eigenvalue weighted by molar-refractivity contribution is 0.0596. The number of aromatic nitrogens is 1. The van der Waals surface area contributed by atoms with Crippen molar-refractivity contribution in [2.24, 2.45) is 0 Å². The summed E-state index contributed by atoms with van der Waals surface area (Å²) in [5.41, 5.74) is 0.401. The van der Waals surface area contributed by atoms with Crippen LogP contribution in [-0.2, 0) is 27.8 Å². The van der Waals surface area contributed by atoms with Crippen molar-refractivity contribution < 1.29 is 22.7 Å². The van der Waals surface area contributed by atoms with Gasteiger partial charge in [-0.3, -0.25) is 4.79 Å². The third-order valence-electron chi connectivity index (χ3n) is 5.30. The summed E-state index contributed by atoms with van der Waals surface area (Å²) in [5, 5.41) is 2.55. The molecule has 4 aromatic rings.